The van der Waals surface area contributed by atoms with Crippen LogP contribution in [0, 0.1) is 10.1 Å². The van der Waals surface area contributed by atoms with Crippen molar-refractivity contribution in [2.75, 3.05) is 13.2 Å². The molecule has 0 bridgehead atoms. The highest BCUT2D eigenvalue weighted by Crippen LogP contribution is 2.44. The molecule has 15 heteroatoms. The minimum absolute atomic E-state index is 0.0383. The Morgan fingerprint density at radius 2 is 1.13 bits per heavy atom. The van der Waals surface area contributed by atoms with Gasteiger partial charge in [-0.3, -0.25) is 10.1 Å². The van der Waals surface area contributed by atoms with Crippen LogP contribution >= 0.6 is 0 Å². The third kappa shape index (κ3) is 10.5. The van der Waals surface area contributed by atoms with Gasteiger partial charge in [-0.05, 0) is 56.5 Å². The largest absolute Gasteiger partial charge is 0.453 e. The maximum Gasteiger partial charge on any atom is 0.338 e. The van der Waals surface area contributed by atoms with E-state index in [1.807, 2.05) is 119 Å². The Morgan fingerprint density at radius 3 is 1.74 bits per heavy atom. The van der Waals surface area contributed by atoms with E-state index in [1.54, 1.807) is 0 Å². The number of carbonyl (C=O) groups is 1. The number of nitro groups is 1. The minimum Gasteiger partial charge on any atom is -0.453 e. The van der Waals surface area contributed by atoms with Gasteiger partial charge in [0, 0.05) is 12.1 Å². The predicted octanol–water partition coefficient (Wildman–Crippen LogP) is 6.65. The second kappa shape index (κ2) is 18.8. The van der Waals surface area contributed by atoms with Gasteiger partial charge in [0.15, 0.2) is 30.3 Å². The van der Waals surface area contributed by atoms with E-state index in [2.05, 4.69) is 0 Å². The van der Waals surface area contributed by atoms with Gasteiger partial charge in [-0.15, -0.1) is 0 Å². The Labute approximate surface area is 354 Å². The molecule has 0 amide bonds. The molecule has 0 N–H and O–H groups in total. The highest BCUT2D eigenvalue weighted by atomic mass is 16.9. The first-order chi connectivity index (χ1) is 29.4. The van der Waals surface area contributed by atoms with Crippen LogP contribution < -0.4 is 0 Å². The first-order valence-corrected chi connectivity index (χ1v) is 20.4. The molecule has 4 aliphatic rings. The minimum atomic E-state index is -1.11. The van der Waals surface area contributed by atoms with Gasteiger partial charge in [0.05, 0.1) is 43.5 Å². The Kier molecular flexibility index (Phi) is 13.2. The van der Waals surface area contributed by atoms with Gasteiger partial charge in [0.25, 0.3) is 5.69 Å². The molecule has 15 nitrogen and oxygen atoms in total. The standard InChI is InChI=1S/C46H51NO14/c1-45(2)58-37-35(56-44-41(39(37)59-45)60-46(3,4)61-44)28-54-43-40(53-26-31-18-12-7-13-19-31)38(52-25-30-16-10-6-11-17-30)36(34(55-43)27-51-24-29-14-8-5-9-15-29)57-42(48)32-20-22-33(23-21-32)47(49)50/h5-23,34-41,43-44H,24-28H2,1-4H3/t34-,35-,36+,37+,38+,39+,40-,41-,43-,44-/m1/s1. The summed E-state index contributed by atoms with van der Waals surface area (Å²) in [5.41, 5.74) is 2.60. The van der Waals surface area contributed by atoms with Gasteiger partial charge in [-0.2, -0.15) is 0 Å². The van der Waals surface area contributed by atoms with Crippen LogP contribution in [-0.4, -0.2) is 97.1 Å². The number of ether oxygens (including phenoxy) is 11. The summed E-state index contributed by atoms with van der Waals surface area (Å²) in [4.78, 5) is 24.8. The van der Waals surface area contributed by atoms with Gasteiger partial charge in [0.2, 0.25) is 0 Å². The number of benzene rings is 4. The van der Waals surface area contributed by atoms with E-state index in [-0.39, 0.29) is 44.3 Å². The summed E-state index contributed by atoms with van der Waals surface area (Å²) in [6.07, 6.45) is -8.20. The highest BCUT2D eigenvalue weighted by molar-refractivity contribution is 5.89. The molecule has 4 aliphatic heterocycles. The molecule has 0 unspecified atom stereocenters. The fourth-order valence-electron chi connectivity index (χ4n) is 7.98. The maximum atomic E-state index is 14.0. The molecule has 4 heterocycles. The number of esters is 1. The van der Waals surface area contributed by atoms with Gasteiger partial charge in [-0.1, -0.05) is 91.0 Å². The van der Waals surface area contributed by atoms with Gasteiger partial charge >= 0.3 is 5.97 Å². The average molecular weight is 842 g/mol. The van der Waals surface area contributed by atoms with Crippen molar-refractivity contribution in [1.82, 2.24) is 0 Å². The third-order valence-electron chi connectivity index (χ3n) is 10.8. The van der Waals surface area contributed by atoms with E-state index < -0.39 is 83.9 Å². The SMILES string of the molecule is CC1(C)O[C@H]2[C@@H](O1)[C@@H](CO[C@@H]1O[C@H](COCc3ccccc3)[C@H](OC(=O)c3ccc([N+](=O)[O-])cc3)[C@H](OCc3ccccc3)[C@H]1OCc1ccccc1)O[C@@H]1OC(C)(C)O[C@@H]12. The van der Waals surface area contributed by atoms with Crippen LogP contribution in [0.25, 0.3) is 0 Å². The first kappa shape index (κ1) is 43.0. The molecule has 0 saturated carbocycles. The summed E-state index contributed by atoms with van der Waals surface area (Å²) in [6.45, 7) is 7.74. The van der Waals surface area contributed by atoms with E-state index >= 15 is 0 Å². The van der Waals surface area contributed by atoms with Crippen molar-refractivity contribution < 1.29 is 61.8 Å². The molecular weight excluding hydrogens is 790 g/mol. The number of fused-ring (bicyclic) bond motifs is 3. The number of nitrogens with zero attached hydrogens (tertiary/aromatic N) is 1. The quantitative estimate of drug-likeness (QED) is 0.0670. The maximum absolute atomic E-state index is 14.0. The molecule has 324 valence electrons. The van der Waals surface area contributed by atoms with Crippen molar-refractivity contribution in [1.29, 1.82) is 0 Å². The predicted molar refractivity (Wildman–Crippen MR) is 216 cm³/mol. The van der Waals surface area contributed by atoms with Crippen LogP contribution in [0.2, 0.25) is 0 Å². The van der Waals surface area contributed by atoms with Crippen molar-refractivity contribution in [2.45, 2.75) is 121 Å². The second-order valence-corrected chi connectivity index (χ2v) is 16.3. The summed E-state index contributed by atoms with van der Waals surface area (Å²) in [7, 11) is 0. The summed E-state index contributed by atoms with van der Waals surface area (Å²) in [6, 6.07) is 34.0. The number of carbonyl (C=O) groups excluding carboxylic acids is 1. The first-order valence-electron chi connectivity index (χ1n) is 20.4. The summed E-state index contributed by atoms with van der Waals surface area (Å²) >= 11 is 0. The lowest BCUT2D eigenvalue weighted by atomic mass is 9.97. The molecule has 10 atom stereocenters. The van der Waals surface area contributed by atoms with Crippen LogP contribution in [0.1, 0.15) is 54.7 Å². The molecule has 0 aromatic heterocycles. The van der Waals surface area contributed by atoms with Crippen LogP contribution in [0.15, 0.2) is 115 Å². The van der Waals surface area contributed by atoms with E-state index in [0.29, 0.717) is 0 Å². The summed E-state index contributed by atoms with van der Waals surface area (Å²) in [5, 5.41) is 11.4. The van der Waals surface area contributed by atoms with E-state index in [0.717, 1.165) is 16.7 Å². The smallest absolute Gasteiger partial charge is 0.338 e. The summed E-state index contributed by atoms with van der Waals surface area (Å²) < 4.78 is 71.0. The monoisotopic (exact) mass is 841 g/mol. The number of rotatable bonds is 16. The lowest BCUT2D eigenvalue weighted by Crippen LogP contribution is -2.63. The van der Waals surface area contributed by atoms with Crippen LogP contribution in [0.5, 0.6) is 0 Å². The molecular formula is C46H51NO14. The third-order valence-corrected chi connectivity index (χ3v) is 10.8. The van der Waals surface area contributed by atoms with Gasteiger partial charge < -0.3 is 52.1 Å². The molecule has 4 saturated heterocycles. The average Bonchev–Trinajstić information content (AvgIpc) is 3.76. The zero-order chi connectivity index (χ0) is 42.6. The zero-order valence-corrected chi connectivity index (χ0v) is 34.4. The van der Waals surface area contributed by atoms with E-state index in [4.69, 9.17) is 52.1 Å². The lowest BCUT2D eigenvalue weighted by Gasteiger charge is -2.46. The van der Waals surface area contributed by atoms with Crippen molar-refractivity contribution in [3.63, 3.8) is 0 Å². The van der Waals surface area contributed by atoms with Gasteiger partial charge in [0.1, 0.15) is 42.7 Å². The Morgan fingerprint density at radius 1 is 0.590 bits per heavy atom. The van der Waals surface area contributed by atoms with Gasteiger partial charge in [-0.25, -0.2) is 4.79 Å². The van der Waals surface area contributed by atoms with Crippen LogP contribution in [-0.2, 0) is 71.9 Å². The molecule has 4 aromatic rings. The highest BCUT2D eigenvalue weighted by Gasteiger charge is 2.61. The van der Waals surface area contributed by atoms with E-state index in [1.165, 1.54) is 24.3 Å². The molecule has 4 aromatic carbocycles. The number of non-ortho nitro benzene ring substituents is 1. The molecule has 0 aliphatic carbocycles. The van der Waals surface area contributed by atoms with Crippen molar-refractivity contribution in [3.8, 4) is 0 Å². The second-order valence-electron chi connectivity index (χ2n) is 16.3. The fraction of sp³-hybridized carbons (Fsp3) is 0.457. The Hall–Kier alpha value is -4.65. The Balaban J connectivity index is 1.12. The van der Waals surface area contributed by atoms with Crippen LogP contribution in [0.3, 0.4) is 0 Å². The molecule has 0 spiro atoms. The lowest BCUT2D eigenvalue weighted by molar-refractivity contribution is -0.384. The number of hydrogen-bond acceptors (Lipinski definition) is 14. The van der Waals surface area contributed by atoms with E-state index in [9.17, 15) is 14.9 Å². The topological polar surface area (TPSA) is 162 Å². The van der Waals surface area contributed by atoms with Crippen molar-refractivity contribution in [3.05, 3.63) is 148 Å². The van der Waals surface area contributed by atoms with Crippen molar-refractivity contribution in [2.24, 2.45) is 0 Å². The summed E-state index contributed by atoms with van der Waals surface area (Å²) in [5.74, 6) is -2.58. The molecule has 8 rings (SSSR count). The van der Waals surface area contributed by atoms with Crippen molar-refractivity contribution >= 4 is 11.7 Å². The molecule has 4 fully saturated rings. The van der Waals surface area contributed by atoms with Crippen LogP contribution in [0.4, 0.5) is 5.69 Å². The molecule has 61 heavy (non-hydrogen) atoms. The fourth-order valence-corrected chi connectivity index (χ4v) is 7.98. The number of hydrogen-bond donors (Lipinski definition) is 0. The number of nitro benzene ring substituents is 1. The molecule has 0 radical (unpaired) electrons. The Bertz CT molecular complexity index is 2050. The zero-order valence-electron chi connectivity index (χ0n) is 34.4. The normalized spacial score (nSPS) is 30.0.